The fraction of sp³-hybridized carbons (Fsp3) is 0.467. The predicted molar refractivity (Wildman–Crippen MR) is 69.1 cm³/mol. The third-order valence-electron chi connectivity index (χ3n) is 3.11. The van der Waals surface area contributed by atoms with Crippen molar-refractivity contribution in [1.82, 2.24) is 0 Å². The molecule has 0 amide bonds. The zero-order chi connectivity index (χ0) is 11.9. The molecule has 0 aliphatic rings. The van der Waals surface area contributed by atoms with E-state index in [1.807, 2.05) is 6.92 Å². The summed E-state index contributed by atoms with van der Waals surface area (Å²) < 4.78 is 5.85. The lowest BCUT2D eigenvalue weighted by Gasteiger charge is -2.11. The molecule has 0 aliphatic carbocycles. The first-order valence-corrected chi connectivity index (χ1v) is 6.03. The molecule has 2 rings (SSSR count). The van der Waals surface area contributed by atoms with Crippen LogP contribution in [0.15, 0.2) is 22.6 Å². The quantitative estimate of drug-likeness (QED) is 0.689. The summed E-state index contributed by atoms with van der Waals surface area (Å²) in [6.07, 6.45) is 0. The Kier molecular flexibility index (Phi) is 2.79. The molecule has 0 unspecified atom stereocenters. The summed E-state index contributed by atoms with van der Waals surface area (Å²) in [5.74, 6) is 2.06. The van der Waals surface area contributed by atoms with Crippen LogP contribution in [0.5, 0.6) is 0 Å². The molecule has 1 heteroatoms. The number of fused-ring (bicyclic) bond motifs is 1. The molecule has 0 atom stereocenters. The molecule has 1 aromatic carbocycles. The van der Waals surface area contributed by atoms with E-state index in [9.17, 15) is 0 Å². The molecule has 0 aliphatic heterocycles. The van der Waals surface area contributed by atoms with Crippen molar-refractivity contribution in [2.75, 3.05) is 0 Å². The monoisotopic (exact) mass is 216 g/mol. The van der Waals surface area contributed by atoms with Gasteiger partial charge >= 0.3 is 0 Å². The van der Waals surface area contributed by atoms with Gasteiger partial charge in [-0.05, 0) is 36.0 Å². The van der Waals surface area contributed by atoms with E-state index in [1.165, 1.54) is 16.5 Å². The maximum atomic E-state index is 5.85. The van der Waals surface area contributed by atoms with Gasteiger partial charge in [0.25, 0.3) is 0 Å². The molecule has 0 spiro atoms. The van der Waals surface area contributed by atoms with Crippen molar-refractivity contribution < 1.29 is 4.42 Å². The smallest absolute Gasteiger partial charge is 0.137 e. The van der Waals surface area contributed by atoms with Crippen molar-refractivity contribution in [1.29, 1.82) is 0 Å². The summed E-state index contributed by atoms with van der Waals surface area (Å²) in [5.41, 5.74) is 3.78. The van der Waals surface area contributed by atoms with E-state index in [-0.39, 0.29) is 0 Å². The van der Waals surface area contributed by atoms with Gasteiger partial charge in [-0.2, -0.15) is 0 Å². The first-order chi connectivity index (χ1) is 7.50. The van der Waals surface area contributed by atoms with E-state index < -0.39 is 0 Å². The topological polar surface area (TPSA) is 13.1 Å². The second-order valence-corrected chi connectivity index (χ2v) is 5.15. The van der Waals surface area contributed by atoms with Crippen molar-refractivity contribution in [2.24, 2.45) is 0 Å². The van der Waals surface area contributed by atoms with E-state index in [0.29, 0.717) is 11.8 Å². The standard InChI is InChI=1S/C15H20O/c1-9(2)12-6-7-13(10(3)4)15-14(12)8-11(5)16-15/h6-10H,1-5H3. The minimum absolute atomic E-state index is 0.509. The lowest BCUT2D eigenvalue weighted by molar-refractivity contribution is 0.571. The van der Waals surface area contributed by atoms with Gasteiger partial charge in [0.1, 0.15) is 11.3 Å². The van der Waals surface area contributed by atoms with Crippen LogP contribution in [0.3, 0.4) is 0 Å². The minimum atomic E-state index is 0.509. The van der Waals surface area contributed by atoms with Crippen LogP contribution in [0.25, 0.3) is 11.0 Å². The number of rotatable bonds is 2. The number of hydrogen-bond acceptors (Lipinski definition) is 1. The summed E-state index contributed by atoms with van der Waals surface area (Å²) in [5, 5.41) is 1.29. The number of furan rings is 1. The van der Waals surface area contributed by atoms with Gasteiger partial charge in [-0.15, -0.1) is 0 Å². The number of aryl methyl sites for hydroxylation is 1. The van der Waals surface area contributed by atoms with Gasteiger partial charge in [-0.25, -0.2) is 0 Å². The average Bonchev–Trinajstić information content (AvgIpc) is 2.56. The van der Waals surface area contributed by atoms with Crippen molar-refractivity contribution >= 4 is 11.0 Å². The van der Waals surface area contributed by atoms with Gasteiger partial charge in [0.2, 0.25) is 0 Å². The van der Waals surface area contributed by atoms with Crippen molar-refractivity contribution in [3.8, 4) is 0 Å². The molecule has 0 fully saturated rings. The Labute approximate surface area is 97.5 Å². The summed E-state index contributed by atoms with van der Waals surface area (Å²) in [6.45, 7) is 10.9. The summed E-state index contributed by atoms with van der Waals surface area (Å²) >= 11 is 0. The van der Waals surface area contributed by atoms with Crippen LogP contribution in [-0.4, -0.2) is 0 Å². The molecule has 0 radical (unpaired) electrons. The van der Waals surface area contributed by atoms with Gasteiger partial charge in [-0.3, -0.25) is 0 Å². The van der Waals surface area contributed by atoms with Crippen molar-refractivity contribution in [3.05, 3.63) is 35.1 Å². The molecule has 0 saturated carbocycles. The van der Waals surface area contributed by atoms with Crippen LogP contribution in [0.4, 0.5) is 0 Å². The van der Waals surface area contributed by atoms with Crippen LogP contribution < -0.4 is 0 Å². The van der Waals surface area contributed by atoms with E-state index in [1.54, 1.807) is 0 Å². The van der Waals surface area contributed by atoms with Gasteiger partial charge in [0.15, 0.2) is 0 Å². The van der Waals surface area contributed by atoms with E-state index in [2.05, 4.69) is 45.9 Å². The summed E-state index contributed by atoms with van der Waals surface area (Å²) in [6, 6.07) is 6.62. The highest BCUT2D eigenvalue weighted by Crippen LogP contribution is 2.33. The Balaban J connectivity index is 2.76. The zero-order valence-corrected chi connectivity index (χ0v) is 10.8. The first kappa shape index (κ1) is 11.3. The molecule has 0 N–H and O–H groups in total. The lowest BCUT2D eigenvalue weighted by atomic mass is 9.93. The summed E-state index contributed by atoms with van der Waals surface area (Å²) in [7, 11) is 0. The third-order valence-corrected chi connectivity index (χ3v) is 3.11. The molecule has 86 valence electrons. The van der Waals surface area contributed by atoms with Gasteiger partial charge in [0.05, 0.1) is 0 Å². The molecular formula is C15H20O. The van der Waals surface area contributed by atoms with Crippen LogP contribution in [0, 0.1) is 6.92 Å². The predicted octanol–water partition coefficient (Wildman–Crippen LogP) is 4.99. The Morgan fingerprint density at radius 3 is 2.06 bits per heavy atom. The third kappa shape index (κ3) is 1.75. The van der Waals surface area contributed by atoms with Gasteiger partial charge in [-0.1, -0.05) is 39.8 Å². The van der Waals surface area contributed by atoms with E-state index in [4.69, 9.17) is 4.42 Å². The normalized spacial score (nSPS) is 11.9. The first-order valence-electron chi connectivity index (χ1n) is 6.03. The van der Waals surface area contributed by atoms with Crippen molar-refractivity contribution in [2.45, 2.75) is 46.5 Å². The SMILES string of the molecule is Cc1cc2c(C(C)C)ccc(C(C)C)c2o1. The highest BCUT2D eigenvalue weighted by molar-refractivity contribution is 5.85. The van der Waals surface area contributed by atoms with Gasteiger partial charge < -0.3 is 4.42 Å². The van der Waals surface area contributed by atoms with Gasteiger partial charge in [0, 0.05) is 5.39 Å². The largest absolute Gasteiger partial charge is 0.461 e. The molecule has 0 saturated heterocycles. The van der Waals surface area contributed by atoms with Crippen LogP contribution in [-0.2, 0) is 0 Å². The molecule has 1 nitrogen and oxygen atoms in total. The highest BCUT2D eigenvalue weighted by atomic mass is 16.3. The zero-order valence-electron chi connectivity index (χ0n) is 10.8. The van der Waals surface area contributed by atoms with Crippen LogP contribution in [0.1, 0.15) is 56.4 Å². The Hall–Kier alpha value is -1.24. The highest BCUT2D eigenvalue weighted by Gasteiger charge is 2.14. The molecular weight excluding hydrogens is 196 g/mol. The average molecular weight is 216 g/mol. The maximum Gasteiger partial charge on any atom is 0.137 e. The fourth-order valence-electron chi connectivity index (χ4n) is 2.25. The second kappa shape index (κ2) is 3.97. The van der Waals surface area contributed by atoms with Crippen molar-refractivity contribution in [3.63, 3.8) is 0 Å². The molecule has 1 aromatic heterocycles. The Morgan fingerprint density at radius 1 is 0.938 bits per heavy atom. The Morgan fingerprint density at radius 2 is 1.50 bits per heavy atom. The Bertz CT molecular complexity index is 458. The van der Waals surface area contributed by atoms with E-state index in [0.717, 1.165) is 11.3 Å². The van der Waals surface area contributed by atoms with E-state index >= 15 is 0 Å². The number of hydrogen-bond donors (Lipinski definition) is 0. The second-order valence-electron chi connectivity index (χ2n) is 5.15. The summed E-state index contributed by atoms with van der Waals surface area (Å²) in [4.78, 5) is 0. The molecule has 16 heavy (non-hydrogen) atoms. The molecule has 2 aromatic rings. The van der Waals surface area contributed by atoms with Crippen LogP contribution in [0.2, 0.25) is 0 Å². The van der Waals surface area contributed by atoms with Crippen LogP contribution >= 0.6 is 0 Å². The lowest BCUT2D eigenvalue weighted by Crippen LogP contribution is -1.93. The number of benzene rings is 1. The fourth-order valence-corrected chi connectivity index (χ4v) is 2.25. The molecule has 0 bridgehead atoms. The maximum absolute atomic E-state index is 5.85. The molecule has 1 heterocycles. The minimum Gasteiger partial charge on any atom is -0.461 e.